The molecule has 3 heteroatoms. The molecule has 0 amide bonds. The third kappa shape index (κ3) is 1.79. The molecule has 0 spiro atoms. The molecule has 1 aromatic rings. The van der Waals surface area contributed by atoms with E-state index in [2.05, 4.69) is 17.0 Å². The minimum Gasteiger partial charge on any atom is -0.497 e. The Morgan fingerprint density at radius 2 is 2.00 bits per heavy atom. The van der Waals surface area contributed by atoms with Crippen LogP contribution in [0.1, 0.15) is 19.3 Å². The standard InChI is InChI=1S/C14H17NO2/c1-17-13-6-4-11(5-7-13)15-9-10-2-3-12(15)8-14(10)16/h4-7,10,12H,2-3,8-9H2,1H3/t10-,12-/m1/s1. The van der Waals surface area contributed by atoms with E-state index in [0.717, 1.165) is 31.6 Å². The van der Waals surface area contributed by atoms with E-state index in [1.165, 1.54) is 5.69 Å². The second-order valence-corrected chi connectivity index (χ2v) is 4.95. The zero-order valence-corrected chi connectivity index (χ0v) is 10.1. The zero-order chi connectivity index (χ0) is 11.8. The third-order valence-corrected chi connectivity index (χ3v) is 4.00. The van der Waals surface area contributed by atoms with Crippen molar-refractivity contribution in [3.63, 3.8) is 0 Å². The van der Waals surface area contributed by atoms with Crippen molar-refractivity contribution in [1.82, 2.24) is 0 Å². The molecule has 17 heavy (non-hydrogen) atoms. The highest BCUT2D eigenvalue weighted by Gasteiger charge is 2.39. The van der Waals surface area contributed by atoms with Crippen LogP contribution in [0.3, 0.4) is 0 Å². The van der Waals surface area contributed by atoms with E-state index in [-0.39, 0.29) is 5.92 Å². The fourth-order valence-corrected chi connectivity index (χ4v) is 2.99. The Kier molecular flexibility index (Phi) is 2.54. The van der Waals surface area contributed by atoms with E-state index in [1.807, 2.05) is 12.1 Å². The van der Waals surface area contributed by atoms with Crippen LogP contribution < -0.4 is 9.64 Å². The van der Waals surface area contributed by atoms with E-state index in [4.69, 9.17) is 4.74 Å². The molecule has 90 valence electrons. The van der Waals surface area contributed by atoms with Crippen molar-refractivity contribution in [1.29, 1.82) is 0 Å². The van der Waals surface area contributed by atoms with Gasteiger partial charge >= 0.3 is 0 Å². The largest absolute Gasteiger partial charge is 0.497 e. The lowest BCUT2D eigenvalue weighted by atomic mass is 9.78. The maximum atomic E-state index is 11.7. The maximum absolute atomic E-state index is 11.7. The lowest BCUT2D eigenvalue weighted by Gasteiger charge is -2.45. The molecule has 2 aliphatic heterocycles. The normalized spacial score (nSPS) is 27.4. The molecule has 0 unspecified atom stereocenters. The van der Waals surface area contributed by atoms with Crippen molar-refractivity contribution >= 4 is 11.5 Å². The maximum Gasteiger partial charge on any atom is 0.139 e. The van der Waals surface area contributed by atoms with E-state index < -0.39 is 0 Å². The van der Waals surface area contributed by atoms with Gasteiger partial charge in [0.25, 0.3) is 0 Å². The molecular formula is C14H17NO2. The van der Waals surface area contributed by atoms with Gasteiger partial charge in [0, 0.05) is 30.6 Å². The predicted octanol–water partition coefficient (Wildman–Crippen LogP) is 2.25. The summed E-state index contributed by atoms with van der Waals surface area (Å²) in [6.07, 6.45) is 2.97. The molecule has 3 aliphatic rings. The van der Waals surface area contributed by atoms with Crippen LogP contribution in [0.15, 0.2) is 24.3 Å². The second kappa shape index (κ2) is 4.06. The van der Waals surface area contributed by atoms with Crippen LogP contribution in [0.5, 0.6) is 5.75 Å². The second-order valence-electron chi connectivity index (χ2n) is 4.95. The van der Waals surface area contributed by atoms with Crippen LogP contribution in [-0.4, -0.2) is 25.5 Å². The first-order chi connectivity index (χ1) is 8.28. The monoisotopic (exact) mass is 231 g/mol. The molecule has 1 saturated carbocycles. The SMILES string of the molecule is COc1ccc(N2C[C@H]3CC[C@@H]2CC3=O)cc1. The van der Waals surface area contributed by atoms with E-state index in [0.29, 0.717) is 11.8 Å². The van der Waals surface area contributed by atoms with Crippen LogP contribution in [-0.2, 0) is 4.79 Å². The van der Waals surface area contributed by atoms with E-state index >= 15 is 0 Å². The highest BCUT2D eigenvalue weighted by atomic mass is 16.5. The summed E-state index contributed by atoms with van der Waals surface area (Å²) < 4.78 is 5.16. The molecular weight excluding hydrogens is 214 g/mol. The summed E-state index contributed by atoms with van der Waals surface area (Å²) in [6.45, 7) is 0.899. The summed E-state index contributed by atoms with van der Waals surface area (Å²) in [5.41, 5.74) is 1.22. The quantitative estimate of drug-likeness (QED) is 0.782. The van der Waals surface area contributed by atoms with Crippen molar-refractivity contribution in [3.05, 3.63) is 24.3 Å². The molecule has 4 rings (SSSR count). The lowest BCUT2D eigenvalue weighted by molar-refractivity contribution is -0.126. The molecule has 3 fully saturated rings. The number of anilines is 1. The Bertz CT molecular complexity index is 426. The number of ether oxygens (including phenoxy) is 1. The van der Waals surface area contributed by atoms with Gasteiger partial charge < -0.3 is 9.64 Å². The number of carbonyl (C=O) groups excluding carboxylic acids is 1. The predicted molar refractivity (Wildman–Crippen MR) is 66.5 cm³/mol. The average Bonchev–Trinajstić information content (AvgIpc) is 2.39. The van der Waals surface area contributed by atoms with Crippen molar-refractivity contribution in [2.75, 3.05) is 18.6 Å². The Morgan fingerprint density at radius 1 is 1.24 bits per heavy atom. The van der Waals surface area contributed by atoms with E-state index in [1.54, 1.807) is 7.11 Å². The molecule has 3 nitrogen and oxygen atoms in total. The highest BCUT2D eigenvalue weighted by Crippen LogP contribution is 2.36. The molecule has 2 atom stereocenters. The minimum atomic E-state index is 0.266. The molecule has 1 aromatic carbocycles. The Labute approximate surface area is 101 Å². The molecule has 2 saturated heterocycles. The number of methoxy groups -OCH3 is 1. The number of piperidine rings is 2. The van der Waals surface area contributed by atoms with Crippen molar-refractivity contribution in [2.45, 2.75) is 25.3 Å². The fourth-order valence-electron chi connectivity index (χ4n) is 2.99. The minimum absolute atomic E-state index is 0.266. The van der Waals surface area contributed by atoms with Gasteiger partial charge in [0.05, 0.1) is 7.11 Å². The first-order valence-electron chi connectivity index (χ1n) is 6.21. The number of ketones is 1. The summed E-state index contributed by atoms with van der Waals surface area (Å²) in [5.74, 6) is 1.61. The summed E-state index contributed by atoms with van der Waals surface area (Å²) in [6, 6.07) is 8.56. The van der Waals surface area contributed by atoms with Crippen LogP contribution >= 0.6 is 0 Å². The summed E-state index contributed by atoms with van der Waals surface area (Å²) in [4.78, 5) is 14.1. The Balaban J connectivity index is 1.82. The number of hydrogen-bond acceptors (Lipinski definition) is 3. The Hall–Kier alpha value is -1.51. The smallest absolute Gasteiger partial charge is 0.139 e. The van der Waals surface area contributed by atoms with Gasteiger partial charge in [-0.1, -0.05) is 0 Å². The summed E-state index contributed by atoms with van der Waals surface area (Å²) >= 11 is 0. The van der Waals surface area contributed by atoms with Gasteiger partial charge in [-0.2, -0.15) is 0 Å². The zero-order valence-electron chi connectivity index (χ0n) is 10.1. The number of nitrogens with zero attached hydrogens (tertiary/aromatic N) is 1. The van der Waals surface area contributed by atoms with Gasteiger partial charge in [0.2, 0.25) is 0 Å². The van der Waals surface area contributed by atoms with Gasteiger partial charge in [0.15, 0.2) is 0 Å². The summed E-state index contributed by atoms with van der Waals surface area (Å²) in [7, 11) is 1.68. The number of benzene rings is 1. The van der Waals surface area contributed by atoms with E-state index in [9.17, 15) is 4.79 Å². The van der Waals surface area contributed by atoms with Gasteiger partial charge in [0.1, 0.15) is 11.5 Å². The first-order valence-corrected chi connectivity index (χ1v) is 6.21. The van der Waals surface area contributed by atoms with Gasteiger partial charge in [-0.15, -0.1) is 0 Å². The first kappa shape index (κ1) is 10.6. The average molecular weight is 231 g/mol. The molecule has 2 heterocycles. The molecule has 0 N–H and O–H groups in total. The lowest BCUT2D eigenvalue weighted by Crippen LogP contribution is -2.52. The van der Waals surface area contributed by atoms with Crippen LogP contribution in [0.25, 0.3) is 0 Å². The highest BCUT2D eigenvalue weighted by molar-refractivity contribution is 5.85. The third-order valence-electron chi connectivity index (χ3n) is 4.00. The molecule has 0 aromatic heterocycles. The van der Waals surface area contributed by atoms with Gasteiger partial charge in [-0.05, 0) is 37.1 Å². The van der Waals surface area contributed by atoms with Crippen molar-refractivity contribution in [3.8, 4) is 5.75 Å². The van der Waals surface area contributed by atoms with Gasteiger partial charge in [-0.25, -0.2) is 0 Å². The fraction of sp³-hybridized carbons (Fsp3) is 0.500. The summed E-state index contributed by atoms with van der Waals surface area (Å²) in [5, 5.41) is 0. The molecule has 0 radical (unpaired) electrons. The molecule has 1 aliphatic carbocycles. The van der Waals surface area contributed by atoms with Crippen molar-refractivity contribution < 1.29 is 9.53 Å². The van der Waals surface area contributed by atoms with Crippen LogP contribution in [0, 0.1) is 5.92 Å². The topological polar surface area (TPSA) is 29.5 Å². The molecule has 2 bridgehead atoms. The van der Waals surface area contributed by atoms with Gasteiger partial charge in [-0.3, -0.25) is 4.79 Å². The Morgan fingerprint density at radius 3 is 2.53 bits per heavy atom. The number of fused-ring (bicyclic) bond motifs is 3. The van der Waals surface area contributed by atoms with Crippen LogP contribution in [0.4, 0.5) is 5.69 Å². The number of hydrogen-bond donors (Lipinski definition) is 0. The number of Topliss-reactive ketones (excluding diaryl/α,β-unsaturated/α-hetero) is 1. The number of rotatable bonds is 2. The number of carbonyl (C=O) groups is 1. The van der Waals surface area contributed by atoms with Crippen molar-refractivity contribution in [2.24, 2.45) is 5.92 Å². The van der Waals surface area contributed by atoms with Crippen LogP contribution in [0.2, 0.25) is 0 Å².